The molecule has 8 nitrogen and oxygen atoms in total. The maximum absolute atomic E-state index is 14.4. The third-order valence-electron chi connectivity index (χ3n) is 5.83. The summed E-state index contributed by atoms with van der Waals surface area (Å²) in [4.78, 5) is 48.5. The predicted octanol–water partition coefficient (Wildman–Crippen LogP) is 3.61. The first kappa shape index (κ1) is 29.2. The molecule has 0 spiro atoms. The van der Waals surface area contributed by atoms with E-state index in [1.165, 1.54) is 11.0 Å². The van der Waals surface area contributed by atoms with E-state index in [9.17, 15) is 23.2 Å². The molecule has 3 rings (SSSR count). The van der Waals surface area contributed by atoms with Gasteiger partial charge in [-0.2, -0.15) is 13.5 Å². The van der Waals surface area contributed by atoms with E-state index >= 15 is 0 Å². The molecule has 3 amide bonds. The Kier molecular flexibility index (Phi) is 11.7. The average Bonchev–Trinajstić information content (AvgIpc) is 3.27. The number of unbranched alkanes of at least 4 members (excludes halogenated alkanes) is 1. The highest BCUT2D eigenvalue weighted by atomic mass is 32.1. The van der Waals surface area contributed by atoms with Crippen molar-refractivity contribution in [2.24, 2.45) is 5.92 Å². The van der Waals surface area contributed by atoms with E-state index in [4.69, 9.17) is 4.84 Å². The van der Waals surface area contributed by atoms with Crippen LogP contribution in [0.15, 0.2) is 48.7 Å². The molecule has 1 aromatic heterocycles. The van der Waals surface area contributed by atoms with Crippen molar-refractivity contribution in [1.29, 1.82) is 0 Å². The van der Waals surface area contributed by atoms with Crippen molar-refractivity contribution in [3.8, 4) is 0 Å². The highest BCUT2D eigenvalue weighted by molar-refractivity contribution is 7.59. The normalized spacial score (nSPS) is 17.7. The van der Waals surface area contributed by atoms with Crippen LogP contribution in [0.5, 0.6) is 0 Å². The molecule has 0 saturated carbocycles. The molecule has 3 atom stereocenters. The fourth-order valence-corrected chi connectivity index (χ4v) is 3.99. The zero-order valence-electron chi connectivity index (χ0n) is 20.1. The zero-order chi connectivity index (χ0) is 25.2. The number of rotatable bonds is 12. The molecule has 1 saturated heterocycles. The Morgan fingerprint density at radius 1 is 1.28 bits per heavy atom. The number of hydroxylamine groups is 2. The Labute approximate surface area is 216 Å². The number of nitrogens with one attached hydrogen (secondary N) is 1. The molecular weight excluding hydrogens is 490 g/mol. The van der Waals surface area contributed by atoms with E-state index < -0.39 is 35.8 Å². The Morgan fingerprint density at radius 2 is 2.03 bits per heavy atom. The Bertz CT molecular complexity index is 984. The summed E-state index contributed by atoms with van der Waals surface area (Å²) in [7, 11) is 0. The van der Waals surface area contributed by atoms with Crippen molar-refractivity contribution in [2.45, 2.75) is 51.4 Å². The second-order valence-electron chi connectivity index (χ2n) is 8.49. The van der Waals surface area contributed by atoms with Gasteiger partial charge in [-0.1, -0.05) is 50.1 Å². The summed E-state index contributed by atoms with van der Waals surface area (Å²) in [6.45, 7) is 1.89. The molecule has 1 aliphatic heterocycles. The van der Waals surface area contributed by atoms with E-state index in [0.29, 0.717) is 19.3 Å². The van der Waals surface area contributed by atoms with Crippen molar-refractivity contribution in [3.05, 3.63) is 60.0 Å². The summed E-state index contributed by atoms with van der Waals surface area (Å²) in [5.74, 6) is -2.13. The third kappa shape index (κ3) is 8.27. The van der Waals surface area contributed by atoms with Crippen molar-refractivity contribution in [2.75, 3.05) is 18.4 Å². The monoisotopic (exact) mass is 522 g/mol. The van der Waals surface area contributed by atoms with E-state index in [0.717, 1.165) is 29.3 Å². The lowest BCUT2D eigenvalue weighted by atomic mass is 9.99. The number of hydrogen-bond acceptors (Lipinski definition) is 5. The Hall–Kier alpha value is -3.05. The first-order chi connectivity index (χ1) is 16.9. The fourth-order valence-electron chi connectivity index (χ4n) is 3.99. The van der Waals surface area contributed by atoms with Crippen LogP contribution < -0.4 is 5.32 Å². The van der Waals surface area contributed by atoms with Crippen LogP contribution in [0.4, 0.5) is 14.6 Å². The maximum atomic E-state index is 14.4. The van der Waals surface area contributed by atoms with Crippen molar-refractivity contribution in [3.63, 3.8) is 0 Å². The molecule has 36 heavy (non-hydrogen) atoms. The average molecular weight is 523 g/mol. The van der Waals surface area contributed by atoms with E-state index in [-0.39, 0.29) is 45.4 Å². The number of pyridine rings is 1. The molecule has 1 aliphatic rings. The van der Waals surface area contributed by atoms with Gasteiger partial charge in [0.05, 0.1) is 25.2 Å². The number of likely N-dealkylation sites (tertiary alicyclic amines) is 1. The molecule has 1 unspecified atom stereocenters. The number of benzene rings is 1. The summed E-state index contributed by atoms with van der Waals surface area (Å²) in [5, 5.41) is 3.60. The molecule has 1 aromatic carbocycles. The fraction of sp³-hybridized carbons (Fsp3) is 0.440. The van der Waals surface area contributed by atoms with Crippen LogP contribution in [0.25, 0.3) is 0 Å². The van der Waals surface area contributed by atoms with Gasteiger partial charge in [0.25, 0.3) is 0 Å². The molecule has 2 heterocycles. The number of carbonyl (C=O) groups excluding carboxylic acids is 3. The standard InChI is InChI=1S/C25H30F2N4O4.H2S/c1-2-3-9-19(14-30(17-32)35-16-18-7-5-4-6-8-18)25(34)31-15-21(27)12-22(31)24(33)29-23-11-10-20(26)13-28-23;/h4-8,10-11,13,17,19,21-22H,2-3,9,12,14-16H2,1H3,(H,28,29,33);1H2/t19-,21-,22?;/m1./s1. The molecule has 1 fully saturated rings. The minimum atomic E-state index is -1.36. The lowest BCUT2D eigenvalue weighted by Crippen LogP contribution is -2.48. The van der Waals surface area contributed by atoms with Crippen LogP contribution in [-0.4, -0.2) is 58.5 Å². The number of halogens is 2. The van der Waals surface area contributed by atoms with Gasteiger partial charge < -0.3 is 10.2 Å². The van der Waals surface area contributed by atoms with Gasteiger partial charge in [-0.25, -0.2) is 18.8 Å². The van der Waals surface area contributed by atoms with E-state index in [2.05, 4.69) is 10.3 Å². The van der Waals surface area contributed by atoms with Gasteiger partial charge in [0, 0.05) is 6.42 Å². The number of alkyl halides is 1. The number of hydrogen-bond donors (Lipinski definition) is 1. The number of aromatic nitrogens is 1. The number of nitrogens with zero attached hydrogens (tertiary/aromatic N) is 3. The minimum absolute atomic E-state index is 0. The summed E-state index contributed by atoms with van der Waals surface area (Å²) in [5.41, 5.74) is 0.863. The summed E-state index contributed by atoms with van der Waals surface area (Å²) < 4.78 is 27.5. The van der Waals surface area contributed by atoms with Crippen molar-refractivity contribution >= 4 is 37.5 Å². The van der Waals surface area contributed by atoms with Gasteiger partial charge in [-0.3, -0.25) is 19.2 Å². The van der Waals surface area contributed by atoms with Crippen LogP contribution in [0.2, 0.25) is 0 Å². The summed E-state index contributed by atoms with van der Waals surface area (Å²) >= 11 is 0. The number of anilines is 1. The molecule has 2 aromatic rings. The Balaban J connectivity index is 0.00000456. The molecule has 0 aliphatic carbocycles. The summed E-state index contributed by atoms with van der Waals surface area (Å²) in [6, 6.07) is 10.7. The van der Waals surface area contributed by atoms with E-state index in [1.807, 2.05) is 37.3 Å². The first-order valence-electron chi connectivity index (χ1n) is 11.7. The van der Waals surface area contributed by atoms with Gasteiger partial charge in [0.2, 0.25) is 18.2 Å². The number of amides is 3. The van der Waals surface area contributed by atoms with Crippen molar-refractivity contribution in [1.82, 2.24) is 14.9 Å². The largest absolute Gasteiger partial charge is 0.327 e. The smallest absolute Gasteiger partial charge is 0.248 e. The first-order valence-corrected chi connectivity index (χ1v) is 11.7. The second kappa shape index (κ2) is 14.5. The molecular formula is C25H32F2N4O4S. The lowest BCUT2D eigenvalue weighted by Gasteiger charge is -2.30. The molecule has 1 N–H and O–H groups in total. The van der Waals surface area contributed by atoms with E-state index in [1.54, 1.807) is 0 Å². The number of carbonyl (C=O) groups is 3. The lowest BCUT2D eigenvalue weighted by molar-refractivity contribution is -0.183. The van der Waals surface area contributed by atoms with Crippen LogP contribution in [0.1, 0.15) is 38.2 Å². The van der Waals surface area contributed by atoms with Gasteiger partial charge in [0.15, 0.2) is 0 Å². The molecule has 0 radical (unpaired) electrons. The van der Waals surface area contributed by atoms with Gasteiger partial charge in [-0.15, -0.1) is 0 Å². The highest BCUT2D eigenvalue weighted by Crippen LogP contribution is 2.26. The van der Waals surface area contributed by atoms with Gasteiger partial charge in [-0.05, 0) is 24.1 Å². The topological polar surface area (TPSA) is 91.8 Å². The second-order valence-corrected chi connectivity index (χ2v) is 8.49. The highest BCUT2D eigenvalue weighted by Gasteiger charge is 2.42. The van der Waals surface area contributed by atoms with Crippen LogP contribution in [0.3, 0.4) is 0 Å². The predicted molar refractivity (Wildman–Crippen MR) is 135 cm³/mol. The minimum Gasteiger partial charge on any atom is -0.327 e. The molecule has 11 heteroatoms. The van der Waals surface area contributed by atoms with Gasteiger partial charge in [0.1, 0.15) is 30.5 Å². The zero-order valence-corrected chi connectivity index (χ0v) is 21.1. The maximum Gasteiger partial charge on any atom is 0.248 e. The quantitative estimate of drug-likeness (QED) is 0.340. The van der Waals surface area contributed by atoms with Crippen LogP contribution >= 0.6 is 13.5 Å². The molecule has 196 valence electrons. The SMILES string of the molecule is CCCC[C@H](CN(C=O)OCc1ccccc1)C(=O)N1C[C@H](F)CC1C(=O)Nc1ccc(F)cn1.S. The Morgan fingerprint density at radius 3 is 2.67 bits per heavy atom. The molecule has 0 bridgehead atoms. The summed E-state index contributed by atoms with van der Waals surface area (Å²) in [6.07, 6.45) is 1.94. The van der Waals surface area contributed by atoms with Crippen LogP contribution in [-0.2, 0) is 25.8 Å². The van der Waals surface area contributed by atoms with Crippen LogP contribution in [0, 0.1) is 11.7 Å². The third-order valence-corrected chi connectivity index (χ3v) is 5.83. The van der Waals surface area contributed by atoms with Gasteiger partial charge >= 0.3 is 0 Å². The van der Waals surface area contributed by atoms with Crippen molar-refractivity contribution < 1.29 is 28.0 Å².